The van der Waals surface area contributed by atoms with Crippen LogP contribution >= 0.6 is 11.6 Å². The van der Waals surface area contributed by atoms with Crippen LogP contribution in [-0.2, 0) is 14.1 Å². The van der Waals surface area contributed by atoms with Crippen molar-refractivity contribution in [1.82, 2.24) is 19.3 Å². The van der Waals surface area contributed by atoms with Crippen LogP contribution in [0.3, 0.4) is 0 Å². The number of anilines is 2. The van der Waals surface area contributed by atoms with Gasteiger partial charge in [-0.05, 0) is 55.0 Å². The average molecular weight is 523 g/mol. The second-order valence-electron chi connectivity index (χ2n) is 9.38. The van der Waals surface area contributed by atoms with Gasteiger partial charge in [0, 0.05) is 43.7 Å². The van der Waals surface area contributed by atoms with Crippen LogP contribution in [0.2, 0.25) is 5.02 Å². The highest BCUT2D eigenvalue weighted by atomic mass is 35.5. The Morgan fingerprint density at radius 2 is 1.97 bits per heavy atom. The third-order valence-corrected chi connectivity index (χ3v) is 7.38. The number of halogens is 2. The molecule has 1 aliphatic rings. The van der Waals surface area contributed by atoms with E-state index in [0.717, 1.165) is 42.0 Å². The van der Waals surface area contributed by atoms with Crippen molar-refractivity contribution in [3.8, 4) is 17.1 Å². The molecule has 1 fully saturated rings. The fourth-order valence-corrected chi connectivity index (χ4v) is 5.37. The number of ether oxygens (including phenoxy) is 1. The van der Waals surface area contributed by atoms with Crippen molar-refractivity contribution in [2.24, 2.45) is 14.1 Å². The second kappa shape index (κ2) is 9.89. The molecule has 3 N–H and O–H groups in total. The van der Waals surface area contributed by atoms with Gasteiger partial charge < -0.3 is 20.4 Å². The van der Waals surface area contributed by atoms with Crippen LogP contribution in [0.5, 0.6) is 5.75 Å². The Labute approximate surface area is 219 Å². The molecule has 0 saturated heterocycles. The summed E-state index contributed by atoms with van der Waals surface area (Å²) in [6, 6.07) is 10.2. The van der Waals surface area contributed by atoms with Gasteiger partial charge in [-0.1, -0.05) is 23.7 Å². The zero-order valence-corrected chi connectivity index (χ0v) is 21.6. The summed E-state index contributed by atoms with van der Waals surface area (Å²) in [5.41, 5.74) is 9.77. The molecule has 2 heterocycles. The number of aromatic nitrogens is 4. The van der Waals surface area contributed by atoms with Gasteiger partial charge >= 0.3 is 0 Å². The summed E-state index contributed by atoms with van der Waals surface area (Å²) in [7, 11) is 5.36. The third-order valence-electron chi connectivity index (χ3n) is 7.10. The first-order chi connectivity index (χ1) is 17.8. The Morgan fingerprint density at radius 3 is 2.68 bits per heavy atom. The molecular weight excluding hydrogens is 495 g/mol. The molecule has 192 valence electrons. The SMILES string of the molecule is COc1cc(-c2nccn2C)ccc1[C@@H]1CC[C@@H](c2nn(C)c(N)c2C(=O)Nc2ccc(F)c(Cl)c2)C1. The number of imidazole rings is 1. The van der Waals surface area contributed by atoms with Gasteiger partial charge in [-0.3, -0.25) is 9.48 Å². The molecule has 0 spiro atoms. The minimum atomic E-state index is -0.554. The van der Waals surface area contributed by atoms with E-state index in [-0.39, 0.29) is 22.7 Å². The number of nitrogens with zero attached hydrogens (tertiary/aromatic N) is 4. The van der Waals surface area contributed by atoms with E-state index in [1.54, 1.807) is 20.4 Å². The molecule has 2 aromatic carbocycles. The minimum absolute atomic E-state index is 0.0463. The van der Waals surface area contributed by atoms with Gasteiger partial charge in [-0.25, -0.2) is 9.37 Å². The van der Waals surface area contributed by atoms with Crippen LogP contribution < -0.4 is 15.8 Å². The van der Waals surface area contributed by atoms with E-state index >= 15 is 0 Å². The summed E-state index contributed by atoms with van der Waals surface area (Å²) in [5.74, 6) is 1.30. The van der Waals surface area contributed by atoms with Crippen LogP contribution in [0, 0.1) is 5.82 Å². The van der Waals surface area contributed by atoms with Gasteiger partial charge in [0.1, 0.15) is 28.8 Å². The van der Waals surface area contributed by atoms with E-state index < -0.39 is 11.7 Å². The molecule has 1 aliphatic carbocycles. The van der Waals surface area contributed by atoms with Gasteiger partial charge in [-0.2, -0.15) is 5.10 Å². The molecule has 5 rings (SSSR count). The standard InChI is InChI=1S/C27H28ClFN6O2/c1-34-11-10-31-26(34)17-6-8-19(22(13-17)37-3)15-4-5-16(12-15)24-23(25(30)35(2)33-24)27(36)32-18-7-9-21(29)20(28)14-18/h6-11,13-16H,4-5,12,30H2,1-3H3,(H,32,36)/t15-,16-/m1/s1. The number of carbonyl (C=O) groups excluding carboxylic acids is 1. The van der Waals surface area contributed by atoms with Crippen molar-refractivity contribution in [3.63, 3.8) is 0 Å². The van der Waals surface area contributed by atoms with Gasteiger partial charge in [-0.15, -0.1) is 0 Å². The monoisotopic (exact) mass is 522 g/mol. The van der Waals surface area contributed by atoms with Crippen LogP contribution in [0.4, 0.5) is 15.9 Å². The Morgan fingerprint density at radius 1 is 1.19 bits per heavy atom. The van der Waals surface area contributed by atoms with Crippen molar-refractivity contribution < 1.29 is 13.9 Å². The number of benzene rings is 2. The van der Waals surface area contributed by atoms with Crippen molar-refractivity contribution >= 4 is 29.0 Å². The molecule has 0 aliphatic heterocycles. The maximum atomic E-state index is 13.5. The zero-order chi connectivity index (χ0) is 26.3. The number of hydrogen-bond acceptors (Lipinski definition) is 5. The highest BCUT2D eigenvalue weighted by Crippen LogP contribution is 2.47. The molecule has 2 aromatic heterocycles. The van der Waals surface area contributed by atoms with E-state index in [1.807, 2.05) is 23.9 Å². The Hall–Kier alpha value is -3.85. The first-order valence-corrected chi connectivity index (χ1v) is 12.4. The molecule has 0 radical (unpaired) electrons. The Bertz CT molecular complexity index is 1480. The molecule has 10 heteroatoms. The molecule has 0 unspecified atom stereocenters. The summed E-state index contributed by atoms with van der Waals surface area (Å²) in [4.78, 5) is 17.7. The lowest BCUT2D eigenvalue weighted by molar-refractivity contribution is 0.102. The van der Waals surface area contributed by atoms with Crippen LogP contribution in [0.25, 0.3) is 11.4 Å². The maximum absolute atomic E-state index is 13.5. The second-order valence-corrected chi connectivity index (χ2v) is 9.78. The van der Waals surface area contributed by atoms with Gasteiger partial charge in [0.25, 0.3) is 5.91 Å². The first kappa shape index (κ1) is 24.8. The number of rotatable bonds is 6. The van der Waals surface area contributed by atoms with Crippen molar-refractivity contribution in [3.05, 3.63) is 76.5 Å². The molecule has 1 amide bonds. The van der Waals surface area contributed by atoms with E-state index in [2.05, 4.69) is 27.5 Å². The van der Waals surface area contributed by atoms with E-state index in [9.17, 15) is 9.18 Å². The predicted molar refractivity (Wildman–Crippen MR) is 142 cm³/mol. The summed E-state index contributed by atoms with van der Waals surface area (Å²) in [6.07, 6.45) is 6.27. The zero-order valence-electron chi connectivity index (χ0n) is 20.8. The maximum Gasteiger partial charge on any atom is 0.261 e. The predicted octanol–water partition coefficient (Wildman–Crippen LogP) is 5.51. The quantitative estimate of drug-likeness (QED) is 0.348. The number of nitrogens with two attached hydrogens (primary N) is 1. The summed E-state index contributed by atoms with van der Waals surface area (Å²) < 4.78 is 22.8. The smallest absolute Gasteiger partial charge is 0.261 e. The summed E-state index contributed by atoms with van der Waals surface area (Å²) >= 11 is 5.88. The third kappa shape index (κ3) is 4.67. The normalized spacial score (nSPS) is 17.2. The van der Waals surface area contributed by atoms with E-state index in [1.165, 1.54) is 22.9 Å². The number of hydrogen-bond donors (Lipinski definition) is 2. The fraction of sp³-hybridized carbons (Fsp3) is 0.296. The number of nitrogens with one attached hydrogen (secondary N) is 1. The lowest BCUT2D eigenvalue weighted by atomic mass is 9.92. The number of amides is 1. The number of methoxy groups -OCH3 is 1. The minimum Gasteiger partial charge on any atom is -0.496 e. The molecule has 2 atom stereocenters. The highest BCUT2D eigenvalue weighted by molar-refractivity contribution is 6.31. The average Bonchev–Trinajstić information content (AvgIpc) is 3.60. The lowest BCUT2D eigenvalue weighted by Crippen LogP contribution is -2.16. The van der Waals surface area contributed by atoms with Crippen molar-refractivity contribution in [1.29, 1.82) is 0 Å². The van der Waals surface area contributed by atoms with Crippen molar-refractivity contribution in [2.45, 2.75) is 31.1 Å². The topological polar surface area (TPSA) is 100.0 Å². The fourth-order valence-electron chi connectivity index (χ4n) is 5.19. The van der Waals surface area contributed by atoms with E-state index in [0.29, 0.717) is 16.9 Å². The lowest BCUT2D eigenvalue weighted by Gasteiger charge is -2.16. The molecule has 0 bridgehead atoms. The van der Waals surface area contributed by atoms with Crippen LogP contribution in [0.1, 0.15) is 52.7 Å². The Balaban J connectivity index is 1.39. The first-order valence-electron chi connectivity index (χ1n) is 12.0. The van der Waals surface area contributed by atoms with Gasteiger partial charge in [0.05, 0.1) is 17.8 Å². The van der Waals surface area contributed by atoms with Crippen molar-refractivity contribution in [2.75, 3.05) is 18.2 Å². The highest BCUT2D eigenvalue weighted by Gasteiger charge is 2.34. The molecule has 4 aromatic rings. The largest absolute Gasteiger partial charge is 0.496 e. The van der Waals surface area contributed by atoms with Gasteiger partial charge in [0.2, 0.25) is 0 Å². The molecule has 1 saturated carbocycles. The summed E-state index contributed by atoms with van der Waals surface area (Å²) in [6.45, 7) is 0. The number of nitrogen functional groups attached to an aromatic ring is 1. The number of carbonyl (C=O) groups is 1. The summed E-state index contributed by atoms with van der Waals surface area (Å²) in [5, 5.41) is 7.32. The van der Waals surface area contributed by atoms with Gasteiger partial charge in [0.15, 0.2) is 0 Å². The van der Waals surface area contributed by atoms with Crippen LogP contribution in [0.15, 0.2) is 48.8 Å². The van der Waals surface area contributed by atoms with E-state index in [4.69, 9.17) is 22.1 Å². The Kier molecular flexibility index (Phi) is 6.64. The molecule has 8 nitrogen and oxygen atoms in total. The number of aryl methyl sites for hydroxylation is 2. The van der Waals surface area contributed by atoms with Crippen LogP contribution in [-0.4, -0.2) is 32.3 Å². The molecule has 37 heavy (non-hydrogen) atoms. The molecular formula is C27H28ClFN6O2.